The molecule has 0 spiro atoms. The molecular weight excluding hydrogens is 169 g/mol. The molecule has 66 valence electrons. The Kier molecular flexibility index (Phi) is 2.39. The van der Waals surface area contributed by atoms with E-state index in [-0.39, 0.29) is 5.41 Å². The van der Waals surface area contributed by atoms with Gasteiger partial charge in [-0.05, 0) is 20.7 Å². The first-order chi connectivity index (χ1) is 5.43. The van der Waals surface area contributed by atoms with Crippen LogP contribution in [-0.2, 0) is 5.41 Å². The molecule has 0 aliphatic heterocycles. The fourth-order valence-corrected chi connectivity index (χ4v) is 1.75. The van der Waals surface area contributed by atoms with Crippen LogP contribution in [0.2, 0.25) is 0 Å². The molecule has 0 amide bonds. The summed E-state index contributed by atoms with van der Waals surface area (Å²) in [6.45, 7) is 6.28. The number of pyridine rings is 1. The summed E-state index contributed by atoms with van der Waals surface area (Å²) in [6, 6.07) is 3.76. The predicted octanol–water partition coefficient (Wildman–Crippen LogP) is 1.12. The molecule has 1 aromatic rings. The van der Waals surface area contributed by atoms with Crippen molar-refractivity contribution >= 4 is 14.7 Å². The van der Waals surface area contributed by atoms with E-state index in [0.29, 0.717) is 5.44 Å². The van der Waals surface area contributed by atoms with E-state index in [0.717, 1.165) is 10.3 Å². The third-order valence-corrected chi connectivity index (χ3v) is 2.37. The van der Waals surface area contributed by atoms with Crippen molar-refractivity contribution in [3.8, 4) is 0 Å². The quantitative estimate of drug-likeness (QED) is 0.336. The number of rotatable bonds is 0. The van der Waals surface area contributed by atoms with Crippen molar-refractivity contribution in [2.45, 2.75) is 26.2 Å². The second-order valence-electron chi connectivity index (χ2n) is 3.88. The Morgan fingerprint density at radius 3 is 2.42 bits per heavy atom. The smallest absolute Gasteiger partial charge is 0.210 e. The summed E-state index contributed by atoms with van der Waals surface area (Å²) in [7, 11) is 2.48. The highest BCUT2D eigenvalue weighted by Gasteiger charge is 2.20. The summed E-state index contributed by atoms with van der Waals surface area (Å²) >= 11 is 0. The van der Waals surface area contributed by atoms with Gasteiger partial charge in [0.2, 0.25) is 5.44 Å². The molecule has 1 rings (SSSR count). The van der Waals surface area contributed by atoms with Crippen LogP contribution in [0.25, 0.3) is 0 Å². The molecule has 12 heavy (non-hydrogen) atoms. The monoisotopic (exact) mass is 183 g/mol. The lowest BCUT2D eigenvalue weighted by Crippen LogP contribution is -2.43. The SMILES string of the molecule is CC(C)(C)c1ccc[n+]([O-])c1P. The number of hydrogen-bond donors (Lipinski definition) is 0. The molecule has 0 fully saturated rings. The molecule has 0 saturated heterocycles. The maximum absolute atomic E-state index is 11.2. The number of nitrogens with zero attached hydrogens (tertiary/aromatic N) is 1. The molecule has 0 saturated carbocycles. The molecule has 0 aliphatic rings. The number of hydrogen-bond acceptors (Lipinski definition) is 1. The van der Waals surface area contributed by atoms with Gasteiger partial charge in [-0.15, -0.1) is 0 Å². The molecule has 1 unspecified atom stereocenters. The van der Waals surface area contributed by atoms with Crippen molar-refractivity contribution in [2.75, 3.05) is 0 Å². The average molecular weight is 183 g/mol. The molecule has 0 aromatic carbocycles. The first kappa shape index (κ1) is 9.47. The van der Waals surface area contributed by atoms with Crippen LogP contribution < -0.4 is 10.2 Å². The van der Waals surface area contributed by atoms with Crippen LogP contribution in [0.1, 0.15) is 26.3 Å². The van der Waals surface area contributed by atoms with Crippen molar-refractivity contribution in [3.05, 3.63) is 29.1 Å². The van der Waals surface area contributed by atoms with Gasteiger partial charge >= 0.3 is 0 Å². The second kappa shape index (κ2) is 3.02. The van der Waals surface area contributed by atoms with Crippen molar-refractivity contribution in [2.24, 2.45) is 0 Å². The molecule has 1 heterocycles. The summed E-state index contributed by atoms with van der Waals surface area (Å²) in [6.07, 6.45) is 1.51. The number of aromatic nitrogens is 1. The fourth-order valence-electron chi connectivity index (χ4n) is 1.14. The van der Waals surface area contributed by atoms with Gasteiger partial charge in [0, 0.05) is 11.6 Å². The third-order valence-electron chi connectivity index (χ3n) is 1.81. The predicted molar refractivity (Wildman–Crippen MR) is 53.4 cm³/mol. The summed E-state index contributed by atoms with van der Waals surface area (Å²) in [5.74, 6) is 0. The van der Waals surface area contributed by atoms with Crippen LogP contribution in [0.15, 0.2) is 18.3 Å². The topological polar surface area (TPSA) is 26.9 Å². The van der Waals surface area contributed by atoms with E-state index in [2.05, 4.69) is 30.0 Å². The second-order valence-corrected chi connectivity index (χ2v) is 4.43. The maximum atomic E-state index is 11.2. The van der Waals surface area contributed by atoms with Crippen LogP contribution in [0.4, 0.5) is 0 Å². The van der Waals surface area contributed by atoms with Gasteiger partial charge in [0.05, 0.1) is 0 Å². The molecule has 0 bridgehead atoms. The Hall–Kier alpha value is -0.620. The van der Waals surface area contributed by atoms with E-state index in [4.69, 9.17) is 0 Å². The van der Waals surface area contributed by atoms with Crippen LogP contribution in [-0.4, -0.2) is 0 Å². The highest BCUT2D eigenvalue weighted by Crippen LogP contribution is 2.19. The lowest BCUT2D eigenvalue weighted by molar-refractivity contribution is -0.586. The lowest BCUT2D eigenvalue weighted by atomic mass is 9.88. The first-order valence-corrected chi connectivity index (χ1v) is 4.49. The Morgan fingerprint density at radius 2 is 2.00 bits per heavy atom. The molecule has 0 radical (unpaired) electrons. The zero-order valence-corrected chi connectivity index (χ0v) is 8.82. The standard InChI is InChI=1S/C9H14NOP/c1-9(2,3)7-5-4-6-10(11)8(7)12/h4-6H,12H2,1-3H3. The Bertz CT molecular complexity index is 291. The largest absolute Gasteiger partial charge is 0.618 e. The minimum Gasteiger partial charge on any atom is -0.618 e. The zero-order chi connectivity index (χ0) is 9.35. The van der Waals surface area contributed by atoms with Crippen LogP contribution >= 0.6 is 9.24 Å². The van der Waals surface area contributed by atoms with Crippen LogP contribution in [0, 0.1) is 5.21 Å². The highest BCUT2D eigenvalue weighted by atomic mass is 31.0. The molecular formula is C9H14NOP. The van der Waals surface area contributed by atoms with Crippen LogP contribution in [0.5, 0.6) is 0 Å². The molecule has 1 atom stereocenters. The van der Waals surface area contributed by atoms with Gasteiger partial charge in [-0.1, -0.05) is 20.8 Å². The molecule has 1 aromatic heterocycles. The molecule has 2 nitrogen and oxygen atoms in total. The Balaban J connectivity index is 3.26. The van der Waals surface area contributed by atoms with Gasteiger partial charge in [-0.3, -0.25) is 0 Å². The highest BCUT2D eigenvalue weighted by molar-refractivity contribution is 7.26. The summed E-state index contributed by atoms with van der Waals surface area (Å²) in [5, 5.41) is 11.2. The van der Waals surface area contributed by atoms with E-state index in [1.165, 1.54) is 6.20 Å². The van der Waals surface area contributed by atoms with E-state index < -0.39 is 0 Å². The normalized spacial score (nSPS) is 11.7. The summed E-state index contributed by atoms with van der Waals surface area (Å²) < 4.78 is 0.880. The van der Waals surface area contributed by atoms with Gasteiger partial charge in [0.15, 0.2) is 6.20 Å². The zero-order valence-electron chi connectivity index (χ0n) is 7.66. The minimum absolute atomic E-state index is 0.0322. The van der Waals surface area contributed by atoms with Gasteiger partial charge in [0.1, 0.15) is 0 Å². The van der Waals surface area contributed by atoms with Gasteiger partial charge in [0.25, 0.3) is 0 Å². The average Bonchev–Trinajstić information content (AvgIpc) is 1.92. The van der Waals surface area contributed by atoms with Crippen molar-refractivity contribution in [1.29, 1.82) is 0 Å². The minimum atomic E-state index is 0.0322. The summed E-state index contributed by atoms with van der Waals surface area (Å²) in [5.41, 5.74) is 1.82. The van der Waals surface area contributed by atoms with Gasteiger partial charge in [-0.2, -0.15) is 4.73 Å². The van der Waals surface area contributed by atoms with Crippen molar-refractivity contribution in [1.82, 2.24) is 0 Å². The maximum Gasteiger partial charge on any atom is 0.210 e. The van der Waals surface area contributed by atoms with E-state index in [1.54, 1.807) is 6.07 Å². The first-order valence-electron chi connectivity index (χ1n) is 3.91. The lowest BCUT2D eigenvalue weighted by Gasteiger charge is -2.19. The van der Waals surface area contributed by atoms with Gasteiger partial charge < -0.3 is 5.21 Å². The fraction of sp³-hybridized carbons (Fsp3) is 0.444. The molecule has 0 aliphatic carbocycles. The molecule has 0 N–H and O–H groups in total. The van der Waals surface area contributed by atoms with E-state index >= 15 is 0 Å². The third kappa shape index (κ3) is 1.75. The van der Waals surface area contributed by atoms with E-state index in [1.807, 2.05) is 6.07 Å². The van der Waals surface area contributed by atoms with Gasteiger partial charge in [-0.25, -0.2) is 0 Å². The van der Waals surface area contributed by atoms with Crippen molar-refractivity contribution in [3.63, 3.8) is 0 Å². The Labute approximate surface area is 75.4 Å². The van der Waals surface area contributed by atoms with Crippen LogP contribution in [0.3, 0.4) is 0 Å². The molecule has 3 heteroatoms. The Morgan fingerprint density at radius 1 is 1.42 bits per heavy atom. The summed E-state index contributed by atoms with van der Waals surface area (Å²) in [4.78, 5) is 0. The van der Waals surface area contributed by atoms with E-state index in [9.17, 15) is 5.21 Å². The van der Waals surface area contributed by atoms with Crippen molar-refractivity contribution < 1.29 is 4.73 Å².